The van der Waals surface area contributed by atoms with E-state index in [2.05, 4.69) is 20.9 Å². The zero-order valence-corrected chi connectivity index (χ0v) is 17.4. The minimum Gasteiger partial charge on any atom is -0.480 e. The third-order valence-electron chi connectivity index (χ3n) is 4.66. The Balaban J connectivity index is 2.01. The van der Waals surface area contributed by atoms with Crippen molar-refractivity contribution in [1.82, 2.24) is 20.9 Å². The highest BCUT2D eigenvalue weighted by molar-refractivity contribution is 5.96. The molecule has 0 aliphatic carbocycles. The molecule has 12 heteroatoms. The highest BCUT2D eigenvalue weighted by atomic mass is 16.4. The molecule has 3 atom stereocenters. The van der Waals surface area contributed by atoms with Crippen LogP contribution in [0.3, 0.4) is 0 Å². The summed E-state index contributed by atoms with van der Waals surface area (Å²) in [5, 5.41) is 16.3. The van der Waals surface area contributed by atoms with Crippen LogP contribution in [0.15, 0.2) is 30.5 Å². The van der Waals surface area contributed by atoms with E-state index in [9.17, 15) is 24.0 Å². The molecule has 3 unspecified atom stereocenters. The van der Waals surface area contributed by atoms with Crippen molar-refractivity contribution in [3.63, 3.8) is 0 Å². The molecule has 1 aromatic heterocycles. The number of carboxylic acids is 1. The van der Waals surface area contributed by atoms with E-state index in [-0.39, 0.29) is 6.42 Å². The molecule has 1 aromatic carbocycles. The van der Waals surface area contributed by atoms with Crippen LogP contribution in [0.25, 0.3) is 10.9 Å². The number of hydrogen-bond acceptors (Lipinski definition) is 6. The van der Waals surface area contributed by atoms with Gasteiger partial charge in [0, 0.05) is 17.1 Å². The highest BCUT2D eigenvalue weighted by Crippen LogP contribution is 2.18. The number of fused-ring (bicyclic) bond motifs is 1. The fraction of sp³-hybridized carbons (Fsp3) is 0.350. The van der Waals surface area contributed by atoms with Gasteiger partial charge in [0.2, 0.25) is 23.6 Å². The van der Waals surface area contributed by atoms with Gasteiger partial charge in [0.25, 0.3) is 0 Å². The summed E-state index contributed by atoms with van der Waals surface area (Å²) < 4.78 is 0. The Morgan fingerprint density at radius 3 is 2.41 bits per heavy atom. The number of hydrogen-bond donors (Lipinski definition) is 7. The number of carboxylic acid groups (broad SMARTS) is 1. The molecule has 0 radical (unpaired) electrons. The van der Waals surface area contributed by atoms with Crippen molar-refractivity contribution in [3.05, 3.63) is 36.0 Å². The van der Waals surface area contributed by atoms with E-state index in [0.29, 0.717) is 0 Å². The molecule has 4 amide bonds. The van der Waals surface area contributed by atoms with Crippen LogP contribution in [0.4, 0.5) is 0 Å². The molecule has 0 aliphatic rings. The first kappa shape index (κ1) is 24.3. The van der Waals surface area contributed by atoms with Crippen molar-refractivity contribution in [2.75, 3.05) is 6.54 Å². The molecular formula is C20H26N6O6. The summed E-state index contributed by atoms with van der Waals surface area (Å²) in [4.78, 5) is 61.9. The molecule has 172 valence electrons. The molecule has 0 spiro atoms. The van der Waals surface area contributed by atoms with Crippen molar-refractivity contribution in [2.24, 2.45) is 11.5 Å². The fourth-order valence-electron chi connectivity index (χ4n) is 3.01. The number of nitrogens with one attached hydrogen (secondary N) is 4. The maximum atomic E-state index is 12.6. The quantitative estimate of drug-likeness (QED) is 0.208. The number of nitrogens with two attached hydrogens (primary N) is 2. The maximum absolute atomic E-state index is 12.6. The molecule has 0 aliphatic heterocycles. The Labute approximate surface area is 183 Å². The molecule has 32 heavy (non-hydrogen) atoms. The first-order valence-electron chi connectivity index (χ1n) is 9.77. The second-order valence-corrected chi connectivity index (χ2v) is 7.24. The predicted molar refractivity (Wildman–Crippen MR) is 114 cm³/mol. The summed E-state index contributed by atoms with van der Waals surface area (Å²) in [6, 6.07) is 3.99. The molecule has 0 bridgehead atoms. The lowest BCUT2D eigenvalue weighted by atomic mass is 10.0. The minimum atomic E-state index is -1.36. The van der Waals surface area contributed by atoms with Gasteiger partial charge in [0.15, 0.2) is 0 Å². The SMILES string of the molecule is CC(NC(=O)C(CC(N)=O)NC(=O)C(N)Cc1c[nH]c2ccccc12)C(=O)NCC(=O)O. The van der Waals surface area contributed by atoms with Crippen molar-refractivity contribution >= 4 is 40.5 Å². The van der Waals surface area contributed by atoms with Crippen LogP contribution in [-0.2, 0) is 30.4 Å². The van der Waals surface area contributed by atoms with Crippen molar-refractivity contribution < 1.29 is 29.1 Å². The van der Waals surface area contributed by atoms with Crippen LogP contribution < -0.4 is 27.4 Å². The number of amides is 4. The molecule has 2 aromatic rings. The third-order valence-corrected chi connectivity index (χ3v) is 4.66. The van der Waals surface area contributed by atoms with Crippen LogP contribution >= 0.6 is 0 Å². The van der Waals surface area contributed by atoms with Gasteiger partial charge in [0.1, 0.15) is 18.6 Å². The zero-order chi connectivity index (χ0) is 23.8. The Bertz CT molecular complexity index is 1020. The van der Waals surface area contributed by atoms with Gasteiger partial charge in [0.05, 0.1) is 12.5 Å². The number of rotatable bonds is 11. The van der Waals surface area contributed by atoms with Gasteiger partial charge in [-0.15, -0.1) is 0 Å². The normalized spacial score (nSPS) is 13.6. The van der Waals surface area contributed by atoms with E-state index >= 15 is 0 Å². The summed E-state index contributed by atoms with van der Waals surface area (Å²) in [7, 11) is 0. The number of H-pyrrole nitrogens is 1. The monoisotopic (exact) mass is 446 g/mol. The summed E-state index contributed by atoms with van der Waals surface area (Å²) >= 11 is 0. The van der Waals surface area contributed by atoms with E-state index < -0.39 is 60.7 Å². The molecule has 0 saturated heterocycles. The standard InChI is InChI=1S/C20H26N6O6/c1-10(18(30)24-9-17(28)29)25-20(32)15(7-16(22)27)26-19(31)13(21)6-11-8-23-14-5-3-2-4-12(11)14/h2-5,8,10,13,15,23H,6-7,9,21H2,1H3,(H2,22,27)(H,24,30)(H,25,32)(H,26,31)(H,28,29). The lowest BCUT2D eigenvalue weighted by Gasteiger charge is -2.21. The van der Waals surface area contributed by atoms with E-state index in [0.717, 1.165) is 16.5 Å². The number of primary amides is 1. The molecule has 12 nitrogen and oxygen atoms in total. The van der Waals surface area contributed by atoms with Gasteiger partial charge in [-0.1, -0.05) is 18.2 Å². The maximum Gasteiger partial charge on any atom is 0.322 e. The lowest BCUT2D eigenvalue weighted by Crippen LogP contribution is -2.56. The van der Waals surface area contributed by atoms with Crippen molar-refractivity contribution in [1.29, 1.82) is 0 Å². The third kappa shape index (κ3) is 6.80. The summed E-state index contributed by atoms with van der Waals surface area (Å²) in [6.45, 7) is 0.699. The molecular weight excluding hydrogens is 420 g/mol. The van der Waals surface area contributed by atoms with Crippen LogP contribution in [-0.4, -0.2) is 64.4 Å². The number of aliphatic carboxylic acids is 1. The van der Waals surface area contributed by atoms with E-state index in [4.69, 9.17) is 16.6 Å². The van der Waals surface area contributed by atoms with E-state index in [1.165, 1.54) is 6.92 Å². The topological polar surface area (TPSA) is 209 Å². The van der Waals surface area contributed by atoms with Crippen LogP contribution in [0, 0.1) is 0 Å². The second-order valence-electron chi connectivity index (χ2n) is 7.24. The van der Waals surface area contributed by atoms with Gasteiger partial charge >= 0.3 is 5.97 Å². The van der Waals surface area contributed by atoms with Gasteiger partial charge in [-0.25, -0.2) is 0 Å². The largest absolute Gasteiger partial charge is 0.480 e. The molecule has 0 fully saturated rings. The summed E-state index contributed by atoms with van der Waals surface area (Å²) in [5.74, 6) is -4.37. The zero-order valence-electron chi connectivity index (χ0n) is 17.4. The molecule has 0 saturated carbocycles. The Morgan fingerprint density at radius 2 is 1.75 bits per heavy atom. The Hall–Kier alpha value is -3.93. The number of aromatic nitrogens is 1. The van der Waals surface area contributed by atoms with Crippen LogP contribution in [0.1, 0.15) is 18.9 Å². The average Bonchev–Trinajstić information content (AvgIpc) is 3.13. The van der Waals surface area contributed by atoms with E-state index in [1.54, 1.807) is 6.20 Å². The number of benzene rings is 1. The average molecular weight is 446 g/mol. The van der Waals surface area contributed by atoms with Crippen molar-refractivity contribution in [2.45, 2.75) is 37.9 Å². The summed E-state index contributed by atoms with van der Waals surface area (Å²) in [5.41, 5.74) is 12.9. The first-order chi connectivity index (χ1) is 15.1. The van der Waals surface area contributed by atoms with E-state index in [1.807, 2.05) is 24.3 Å². The van der Waals surface area contributed by atoms with Gasteiger partial charge < -0.3 is 37.5 Å². The number of carbonyl (C=O) groups excluding carboxylic acids is 4. The highest BCUT2D eigenvalue weighted by Gasteiger charge is 2.28. The second kappa shape index (κ2) is 10.9. The number of carbonyl (C=O) groups is 5. The molecule has 1 heterocycles. The van der Waals surface area contributed by atoms with Gasteiger partial charge in [-0.3, -0.25) is 24.0 Å². The Kier molecular flexibility index (Phi) is 8.30. The predicted octanol–water partition coefficient (Wildman–Crippen LogP) is -1.90. The van der Waals surface area contributed by atoms with Crippen LogP contribution in [0.2, 0.25) is 0 Å². The lowest BCUT2D eigenvalue weighted by molar-refractivity contribution is -0.138. The molecule has 2 rings (SSSR count). The first-order valence-corrected chi connectivity index (χ1v) is 9.77. The smallest absolute Gasteiger partial charge is 0.322 e. The van der Waals surface area contributed by atoms with Crippen LogP contribution in [0.5, 0.6) is 0 Å². The Morgan fingerprint density at radius 1 is 1.06 bits per heavy atom. The van der Waals surface area contributed by atoms with Gasteiger partial charge in [-0.05, 0) is 25.0 Å². The number of aromatic amines is 1. The fourth-order valence-corrected chi connectivity index (χ4v) is 3.01. The minimum absolute atomic E-state index is 0.175. The number of para-hydroxylation sites is 1. The van der Waals surface area contributed by atoms with Gasteiger partial charge in [-0.2, -0.15) is 0 Å². The summed E-state index contributed by atoms with van der Waals surface area (Å²) in [6.07, 6.45) is 1.40. The molecule has 9 N–H and O–H groups in total. The van der Waals surface area contributed by atoms with Crippen molar-refractivity contribution in [3.8, 4) is 0 Å².